The third-order valence-corrected chi connectivity index (χ3v) is 5.29. The van der Waals surface area contributed by atoms with Gasteiger partial charge >= 0.3 is 0 Å². The van der Waals surface area contributed by atoms with E-state index >= 15 is 0 Å². The van der Waals surface area contributed by atoms with Gasteiger partial charge in [-0.3, -0.25) is 0 Å². The first-order valence-corrected chi connectivity index (χ1v) is 8.63. The Labute approximate surface area is 136 Å². The molecule has 1 unspecified atom stereocenters. The summed E-state index contributed by atoms with van der Waals surface area (Å²) in [7, 11) is 0. The van der Waals surface area contributed by atoms with E-state index in [0.717, 1.165) is 12.1 Å². The molecule has 1 saturated carbocycles. The van der Waals surface area contributed by atoms with E-state index in [1.807, 2.05) is 6.20 Å². The van der Waals surface area contributed by atoms with Gasteiger partial charge in [-0.2, -0.15) is 0 Å². The summed E-state index contributed by atoms with van der Waals surface area (Å²) >= 11 is 0. The first-order chi connectivity index (χ1) is 11.1. The fourth-order valence-corrected chi connectivity index (χ4v) is 3.73. The third kappa shape index (κ3) is 3.57. The molecular formula is C16H27N3O4. The molecule has 1 aliphatic heterocycles. The van der Waals surface area contributed by atoms with Gasteiger partial charge in [-0.15, -0.1) is 5.10 Å². The standard InChI is InChI=1S/C16H27N3O4/c1-10-14(21)13(9-20)23-16(15(10)22)19-8-12(17-18-19)7-11-5-3-2-4-6-11/h8,10-11,13-16,20-22H,2-7,9H2,1H3/t10-,13?,14-,15+,16+/m0/s1. The highest BCUT2D eigenvalue weighted by Crippen LogP contribution is 2.32. The lowest BCUT2D eigenvalue weighted by Gasteiger charge is -2.40. The number of aliphatic hydroxyl groups is 3. The molecule has 2 heterocycles. The summed E-state index contributed by atoms with van der Waals surface area (Å²) in [5, 5.41) is 38.0. The largest absolute Gasteiger partial charge is 0.394 e. The van der Waals surface area contributed by atoms with Gasteiger partial charge in [0.2, 0.25) is 0 Å². The van der Waals surface area contributed by atoms with Crippen LogP contribution in [-0.4, -0.2) is 55.2 Å². The van der Waals surface area contributed by atoms with Crippen molar-refractivity contribution in [1.82, 2.24) is 15.0 Å². The number of aliphatic hydroxyl groups excluding tert-OH is 3. The average molecular weight is 325 g/mol. The van der Waals surface area contributed by atoms with Crippen molar-refractivity contribution in [1.29, 1.82) is 0 Å². The summed E-state index contributed by atoms with van der Waals surface area (Å²) in [6.07, 6.45) is 5.89. The zero-order valence-electron chi connectivity index (χ0n) is 13.6. The van der Waals surface area contributed by atoms with E-state index in [1.54, 1.807) is 6.92 Å². The van der Waals surface area contributed by atoms with E-state index in [0.29, 0.717) is 5.92 Å². The normalized spacial score (nSPS) is 36.3. The van der Waals surface area contributed by atoms with Crippen LogP contribution < -0.4 is 0 Å². The maximum atomic E-state index is 10.4. The lowest BCUT2D eigenvalue weighted by Crippen LogP contribution is -2.52. The monoisotopic (exact) mass is 325 g/mol. The summed E-state index contributed by atoms with van der Waals surface area (Å²) in [5.74, 6) is 0.258. The topological polar surface area (TPSA) is 101 Å². The Kier molecular flexibility index (Phi) is 5.31. The number of hydrogen-bond donors (Lipinski definition) is 3. The number of aromatic nitrogens is 3. The number of hydrogen-bond acceptors (Lipinski definition) is 6. The molecule has 7 heteroatoms. The minimum absolute atomic E-state index is 0.293. The molecule has 0 aromatic carbocycles. The van der Waals surface area contributed by atoms with E-state index in [9.17, 15) is 15.3 Å². The molecule has 0 spiro atoms. The van der Waals surface area contributed by atoms with Crippen LogP contribution in [-0.2, 0) is 11.2 Å². The minimum Gasteiger partial charge on any atom is -0.394 e. The molecule has 7 nitrogen and oxygen atoms in total. The maximum Gasteiger partial charge on any atom is 0.178 e. The fourth-order valence-electron chi connectivity index (χ4n) is 3.73. The molecule has 2 aliphatic rings. The second kappa shape index (κ2) is 7.25. The maximum absolute atomic E-state index is 10.4. The Bertz CT molecular complexity index is 501. The van der Waals surface area contributed by atoms with Crippen molar-refractivity contribution in [3.05, 3.63) is 11.9 Å². The van der Waals surface area contributed by atoms with Crippen LogP contribution in [0, 0.1) is 11.8 Å². The van der Waals surface area contributed by atoms with Crippen LogP contribution in [0.4, 0.5) is 0 Å². The number of rotatable bonds is 4. The first-order valence-electron chi connectivity index (χ1n) is 8.63. The third-order valence-electron chi connectivity index (χ3n) is 5.29. The smallest absolute Gasteiger partial charge is 0.178 e. The molecule has 1 aromatic rings. The van der Waals surface area contributed by atoms with Gasteiger partial charge in [0.25, 0.3) is 0 Å². The summed E-state index contributed by atoms with van der Waals surface area (Å²) in [4.78, 5) is 0. The van der Waals surface area contributed by atoms with Crippen LogP contribution in [0.25, 0.3) is 0 Å². The van der Waals surface area contributed by atoms with Crippen LogP contribution in [0.1, 0.15) is 50.9 Å². The van der Waals surface area contributed by atoms with E-state index in [1.165, 1.54) is 36.8 Å². The molecule has 0 bridgehead atoms. The molecule has 23 heavy (non-hydrogen) atoms. The van der Waals surface area contributed by atoms with Gasteiger partial charge in [-0.1, -0.05) is 44.2 Å². The predicted octanol–water partition coefficient (Wildman–Crippen LogP) is 0.648. The fraction of sp³-hybridized carbons (Fsp3) is 0.875. The van der Waals surface area contributed by atoms with Crippen LogP contribution >= 0.6 is 0 Å². The summed E-state index contributed by atoms with van der Waals surface area (Å²) in [5.41, 5.74) is 0.909. The van der Waals surface area contributed by atoms with Crippen molar-refractivity contribution in [3.63, 3.8) is 0 Å². The van der Waals surface area contributed by atoms with Crippen molar-refractivity contribution in [3.8, 4) is 0 Å². The number of nitrogens with zero attached hydrogens (tertiary/aromatic N) is 3. The molecule has 1 aliphatic carbocycles. The predicted molar refractivity (Wildman–Crippen MR) is 82.5 cm³/mol. The molecule has 1 saturated heterocycles. The van der Waals surface area contributed by atoms with Gasteiger partial charge in [0, 0.05) is 5.92 Å². The molecule has 130 valence electrons. The van der Waals surface area contributed by atoms with Gasteiger partial charge < -0.3 is 20.1 Å². The van der Waals surface area contributed by atoms with Crippen LogP contribution in [0.3, 0.4) is 0 Å². The molecule has 0 radical (unpaired) electrons. The Hall–Kier alpha value is -1.02. The molecule has 5 atom stereocenters. The van der Waals surface area contributed by atoms with Crippen molar-refractivity contribution < 1.29 is 20.1 Å². The van der Waals surface area contributed by atoms with Gasteiger partial charge in [0.15, 0.2) is 6.23 Å². The quantitative estimate of drug-likeness (QED) is 0.751. The van der Waals surface area contributed by atoms with Crippen molar-refractivity contribution in [2.75, 3.05) is 6.61 Å². The highest BCUT2D eigenvalue weighted by atomic mass is 16.5. The SMILES string of the molecule is C[C@@H]1[C@@H](O)[C@H](n2cc(CC3CCCCC3)nn2)OC(CO)[C@H]1O. The summed E-state index contributed by atoms with van der Waals surface area (Å²) < 4.78 is 7.15. The molecule has 2 fully saturated rings. The summed E-state index contributed by atoms with van der Waals surface area (Å²) in [6, 6.07) is 0. The van der Waals surface area contributed by atoms with Crippen molar-refractivity contribution in [2.24, 2.45) is 11.8 Å². The van der Waals surface area contributed by atoms with Crippen molar-refractivity contribution >= 4 is 0 Å². The zero-order valence-corrected chi connectivity index (χ0v) is 13.6. The highest BCUT2D eigenvalue weighted by Gasteiger charge is 2.43. The first kappa shape index (κ1) is 16.8. The van der Waals surface area contributed by atoms with Gasteiger partial charge in [-0.25, -0.2) is 4.68 Å². The van der Waals surface area contributed by atoms with Crippen molar-refractivity contribution in [2.45, 2.75) is 70.0 Å². The molecule has 3 rings (SSSR count). The van der Waals surface area contributed by atoms with Gasteiger partial charge in [-0.05, 0) is 12.3 Å². The zero-order chi connectivity index (χ0) is 16.4. The number of ether oxygens (including phenoxy) is 1. The van der Waals surface area contributed by atoms with Crippen LogP contribution in [0.15, 0.2) is 6.20 Å². The lowest BCUT2D eigenvalue weighted by atomic mass is 9.86. The second-order valence-electron chi connectivity index (χ2n) is 6.99. The lowest BCUT2D eigenvalue weighted by molar-refractivity contribution is -0.233. The molecular weight excluding hydrogens is 298 g/mol. The molecule has 3 N–H and O–H groups in total. The van der Waals surface area contributed by atoms with E-state index in [-0.39, 0.29) is 6.61 Å². The summed E-state index contributed by atoms with van der Waals surface area (Å²) in [6.45, 7) is 1.45. The average Bonchev–Trinajstić information content (AvgIpc) is 3.02. The minimum atomic E-state index is -0.892. The Balaban J connectivity index is 1.68. The van der Waals surface area contributed by atoms with Gasteiger partial charge in [0.1, 0.15) is 12.2 Å². The van der Waals surface area contributed by atoms with Crippen LogP contribution in [0.5, 0.6) is 0 Å². The molecule has 1 aromatic heterocycles. The molecule has 0 amide bonds. The Morgan fingerprint density at radius 3 is 2.65 bits per heavy atom. The van der Waals surface area contributed by atoms with E-state index < -0.39 is 30.5 Å². The van der Waals surface area contributed by atoms with Crippen LogP contribution in [0.2, 0.25) is 0 Å². The Morgan fingerprint density at radius 2 is 1.96 bits per heavy atom. The highest BCUT2D eigenvalue weighted by molar-refractivity contribution is 4.97. The van der Waals surface area contributed by atoms with Gasteiger partial charge in [0.05, 0.1) is 24.6 Å². The second-order valence-corrected chi connectivity index (χ2v) is 6.99. The van der Waals surface area contributed by atoms with E-state index in [4.69, 9.17) is 4.74 Å². The van der Waals surface area contributed by atoms with E-state index in [2.05, 4.69) is 10.3 Å². The Morgan fingerprint density at radius 1 is 1.22 bits per heavy atom.